The zero-order valence-electron chi connectivity index (χ0n) is 6.93. The van der Waals surface area contributed by atoms with Crippen LogP contribution in [0.15, 0.2) is 11.4 Å². The second-order valence-corrected chi connectivity index (χ2v) is 4.40. The summed E-state index contributed by atoms with van der Waals surface area (Å²) in [5.41, 5.74) is 5.67. The second kappa shape index (κ2) is 3.27. The summed E-state index contributed by atoms with van der Waals surface area (Å²) in [7, 11) is -3.43. The number of nitrogen functional groups attached to an aromatic ring is 1. The van der Waals surface area contributed by atoms with Crippen molar-refractivity contribution in [2.75, 3.05) is 12.0 Å². The molecule has 6 nitrogen and oxygen atoms in total. The Morgan fingerprint density at radius 3 is 2.62 bits per heavy atom. The highest BCUT2D eigenvalue weighted by molar-refractivity contribution is 7.90. The fourth-order valence-corrected chi connectivity index (χ4v) is 1.21. The molecule has 0 fully saturated rings. The number of nitrogens with two attached hydrogens (primary N) is 1. The van der Waals surface area contributed by atoms with E-state index in [1.165, 1.54) is 6.20 Å². The van der Waals surface area contributed by atoms with E-state index in [1.54, 1.807) is 0 Å². The average Bonchev–Trinajstić information content (AvgIpc) is 2.02. The van der Waals surface area contributed by atoms with Crippen molar-refractivity contribution in [3.05, 3.63) is 11.8 Å². The number of rotatable bonds is 2. The van der Waals surface area contributed by atoms with Gasteiger partial charge in [0.25, 0.3) is 0 Å². The van der Waals surface area contributed by atoms with E-state index in [2.05, 4.69) is 9.97 Å². The van der Waals surface area contributed by atoms with Crippen molar-refractivity contribution in [1.82, 2.24) is 9.97 Å². The zero-order valence-corrected chi connectivity index (χ0v) is 7.74. The first-order chi connectivity index (χ1) is 5.95. The van der Waals surface area contributed by atoms with Crippen molar-refractivity contribution in [2.45, 2.75) is 11.8 Å². The van der Waals surface area contributed by atoms with E-state index in [-0.39, 0.29) is 17.6 Å². The van der Waals surface area contributed by atoms with Gasteiger partial charge in [-0.3, -0.25) is 0 Å². The summed E-state index contributed by atoms with van der Waals surface area (Å²) >= 11 is 0. The summed E-state index contributed by atoms with van der Waals surface area (Å²) in [5, 5.41) is 8.37. The Kier molecular flexibility index (Phi) is 2.48. The van der Waals surface area contributed by atoms with Gasteiger partial charge in [-0.2, -0.15) is 0 Å². The van der Waals surface area contributed by atoms with E-state index in [9.17, 15) is 8.42 Å². The molecule has 1 heterocycles. The molecule has 0 saturated carbocycles. The van der Waals surface area contributed by atoms with Crippen molar-refractivity contribution < 1.29 is 13.5 Å². The van der Waals surface area contributed by atoms with Crippen molar-refractivity contribution in [2.24, 2.45) is 0 Å². The minimum atomic E-state index is -3.43. The number of nitrogens with zero attached hydrogens (tertiary/aromatic N) is 2. The second-order valence-electron chi connectivity index (χ2n) is 2.49. The molecular formula is C6H9N3O3S. The molecule has 0 bridgehead atoms. The number of anilines is 1. The zero-order chi connectivity index (χ0) is 10.1. The lowest BCUT2D eigenvalue weighted by Crippen LogP contribution is -2.08. The lowest BCUT2D eigenvalue weighted by Gasteiger charge is -2.01. The van der Waals surface area contributed by atoms with E-state index in [0.717, 1.165) is 6.26 Å². The molecule has 7 heteroatoms. The molecule has 0 aliphatic heterocycles. The third-order valence-electron chi connectivity index (χ3n) is 1.38. The maximum absolute atomic E-state index is 10.9. The summed E-state index contributed by atoms with van der Waals surface area (Å²) in [6, 6.07) is 0. The minimum Gasteiger partial charge on any atom is -0.391 e. The van der Waals surface area contributed by atoms with Crippen LogP contribution in [0.4, 0.5) is 5.82 Å². The van der Waals surface area contributed by atoms with Crippen LogP contribution in [0.5, 0.6) is 0 Å². The molecule has 0 aromatic carbocycles. The van der Waals surface area contributed by atoms with E-state index in [4.69, 9.17) is 10.8 Å². The largest absolute Gasteiger partial charge is 0.391 e. The molecule has 0 aliphatic rings. The Balaban J connectivity index is 3.26. The number of aliphatic hydroxyl groups is 1. The summed E-state index contributed by atoms with van der Waals surface area (Å²) in [4.78, 5) is 7.08. The fourth-order valence-electron chi connectivity index (χ4n) is 0.703. The number of aliphatic hydroxyl groups excluding tert-OH is 1. The average molecular weight is 203 g/mol. The maximum Gasteiger partial charge on any atom is 0.248 e. The standard InChI is InChI=1S/C6H9N3O3S/c1-13(11,12)6-8-2-4(3-10)5(7)9-6/h2,10H,3H2,1H3,(H2,7,8,9). The normalized spacial score (nSPS) is 11.5. The van der Waals surface area contributed by atoms with E-state index in [1.807, 2.05) is 0 Å². The highest BCUT2D eigenvalue weighted by Gasteiger charge is 2.12. The molecule has 1 aromatic rings. The van der Waals surface area contributed by atoms with Gasteiger partial charge in [0.15, 0.2) is 0 Å². The van der Waals surface area contributed by atoms with Gasteiger partial charge in [-0.25, -0.2) is 18.4 Å². The van der Waals surface area contributed by atoms with Gasteiger partial charge in [-0.05, 0) is 0 Å². The number of aromatic nitrogens is 2. The molecule has 0 unspecified atom stereocenters. The highest BCUT2D eigenvalue weighted by atomic mass is 32.2. The van der Waals surface area contributed by atoms with Gasteiger partial charge in [0.1, 0.15) is 5.82 Å². The van der Waals surface area contributed by atoms with E-state index < -0.39 is 9.84 Å². The molecule has 1 aromatic heterocycles. The third-order valence-corrected chi connectivity index (χ3v) is 2.24. The number of sulfone groups is 1. The van der Waals surface area contributed by atoms with E-state index >= 15 is 0 Å². The van der Waals surface area contributed by atoms with Crippen LogP contribution in [0.2, 0.25) is 0 Å². The molecule has 72 valence electrons. The summed E-state index contributed by atoms with van der Waals surface area (Å²) in [6.45, 7) is -0.310. The van der Waals surface area contributed by atoms with Crippen LogP contribution in [0.25, 0.3) is 0 Å². The molecule has 13 heavy (non-hydrogen) atoms. The van der Waals surface area contributed by atoms with Gasteiger partial charge in [0, 0.05) is 18.0 Å². The van der Waals surface area contributed by atoms with Crippen LogP contribution >= 0.6 is 0 Å². The Morgan fingerprint density at radius 2 is 2.23 bits per heavy atom. The Bertz CT molecular complexity index is 415. The first kappa shape index (κ1) is 9.87. The summed E-state index contributed by atoms with van der Waals surface area (Å²) in [6.07, 6.45) is 2.18. The first-order valence-electron chi connectivity index (χ1n) is 3.37. The molecular weight excluding hydrogens is 194 g/mol. The summed E-state index contributed by atoms with van der Waals surface area (Å²) < 4.78 is 21.9. The van der Waals surface area contributed by atoms with Gasteiger partial charge in [0.2, 0.25) is 15.0 Å². The van der Waals surface area contributed by atoms with Crippen LogP contribution in [0.3, 0.4) is 0 Å². The van der Waals surface area contributed by atoms with Crippen molar-refractivity contribution in [1.29, 1.82) is 0 Å². The molecule has 0 radical (unpaired) electrons. The van der Waals surface area contributed by atoms with Gasteiger partial charge >= 0.3 is 0 Å². The SMILES string of the molecule is CS(=O)(=O)c1ncc(CO)c(N)n1. The molecule has 0 aliphatic carbocycles. The predicted molar refractivity (Wildman–Crippen MR) is 45.5 cm³/mol. The first-order valence-corrected chi connectivity index (χ1v) is 5.26. The Morgan fingerprint density at radius 1 is 1.62 bits per heavy atom. The van der Waals surface area contributed by atoms with E-state index in [0.29, 0.717) is 5.56 Å². The molecule has 1 rings (SSSR count). The Labute approximate surface area is 75.4 Å². The van der Waals surface area contributed by atoms with Gasteiger partial charge in [0.05, 0.1) is 6.61 Å². The fraction of sp³-hybridized carbons (Fsp3) is 0.333. The Hall–Kier alpha value is -1.21. The van der Waals surface area contributed by atoms with Crippen LogP contribution in [0, 0.1) is 0 Å². The van der Waals surface area contributed by atoms with Gasteiger partial charge in [-0.15, -0.1) is 0 Å². The van der Waals surface area contributed by atoms with Crippen LogP contribution in [-0.4, -0.2) is 29.7 Å². The number of hydrogen-bond donors (Lipinski definition) is 2. The van der Waals surface area contributed by atoms with Crippen LogP contribution < -0.4 is 5.73 Å². The van der Waals surface area contributed by atoms with Crippen molar-refractivity contribution in [3.63, 3.8) is 0 Å². The molecule has 0 saturated heterocycles. The smallest absolute Gasteiger partial charge is 0.248 e. The monoisotopic (exact) mass is 203 g/mol. The van der Waals surface area contributed by atoms with Crippen LogP contribution in [0.1, 0.15) is 5.56 Å². The predicted octanol–water partition coefficient (Wildman–Crippen LogP) is -1.05. The summed E-state index contributed by atoms with van der Waals surface area (Å²) in [5.74, 6) is -0.0158. The maximum atomic E-state index is 10.9. The molecule has 3 N–H and O–H groups in total. The minimum absolute atomic E-state index is 0.0158. The highest BCUT2D eigenvalue weighted by Crippen LogP contribution is 2.09. The van der Waals surface area contributed by atoms with Gasteiger partial charge < -0.3 is 10.8 Å². The lowest BCUT2D eigenvalue weighted by atomic mass is 10.3. The molecule has 0 atom stereocenters. The lowest BCUT2D eigenvalue weighted by molar-refractivity contribution is 0.281. The topological polar surface area (TPSA) is 106 Å². The van der Waals surface area contributed by atoms with Crippen molar-refractivity contribution >= 4 is 15.7 Å². The molecule has 0 spiro atoms. The molecule has 0 amide bonds. The van der Waals surface area contributed by atoms with Crippen molar-refractivity contribution in [3.8, 4) is 0 Å². The van der Waals surface area contributed by atoms with Gasteiger partial charge in [-0.1, -0.05) is 0 Å². The quantitative estimate of drug-likeness (QED) is 0.594. The third kappa shape index (κ3) is 2.13. The van der Waals surface area contributed by atoms with Crippen LogP contribution in [-0.2, 0) is 16.4 Å². The number of hydrogen-bond acceptors (Lipinski definition) is 6.